The average molecular weight is 220 g/mol. The molecule has 1 aliphatic heterocycles. The minimum Gasteiger partial charge on any atom is -0.437 e. The molecular weight excluding hydrogens is 204 g/mol. The van der Waals surface area contributed by atoms with Crippen LogP contribution in [0.1, 0.15) is 0 Å². The molecule has 0 saturated carbocycles. The van der Waals surface area contributed by atoms with Crippen LogP contribution in [0.4, 0.5) is 0 Å². The molecule has 0 aromatic rings. The van der Waals surface area contributed by atoms with Crippen molar-refractivity contribution in [3.05, 3.63) is 0 Å². The molecule has 0 aromatic heterocycles. The molecular formula is C9H16O6. The Kier molecular flexibility index (Phi) is 7.10. The zero-order chi connectivity index (χ0) is 10.8. The van der Waals surface area contributed by atoms with Crippen LogP contribution in [-0.4, -0.2) is 59.0 Å². The summed E-state index contributed by atoms with van der Waals surface area (Å²) in [6.45, 7) is 2.62. The van der Waals surface area contributed by atoms with Gasteiger partial charge in [0.1, 0.15) is 6.61 Å². The molecule has 0 radical (unpaired) electrons. The van der Waals surface area contributed by atoms with Crippen molar-refractivity contribution in [1.82, 2.24) is 0 Å². The summed E-state index contributed by atoms with van der Waals surface area (Å²) in [5, 5.41) is 0. The van der Waals surface area contributed by atoms with Crippen LogP contribution in [0.5, 0.6) is 0 Å². The second-order valence-corrected chi connectivity index (χ2v) is 2.82. The van der Waals surface area contributed by atoms with E-state index in [9.17, 15) is 4.79 Å². The number of esters is 1. The molecule has 1 fully saturated rings. The highest BCUT2D eigenvalue weighted by Crippen LogP contribution is 1.87. The van der Waals surface area contributed by atoms with Gasteiger partial charge in [-0.1, -0.05) is 0 Å². The Morgan fingerprint density at radius 3 is 1.93 bits per heavy atom. The molecule has 1 aliphatic rings. The van der Waals surface area contributed by atoms with Crippen LogP contribution < -0.4 is 0 Å². The molecule has 0 unspecified atom stereocenters. The molecule has 1 heterocycles. The maximum Gasteiger partial charge on any atom is 0.334 e. The zero-order valence-corrected chi connectivity index (χ0v) is 8.61. The first kappa shape index (κ1) is 12.4. The first-order chi connectivity index (χ1) is 7.39. The third kappa shape index (κ3) is 7.26. The minimum atomic E-state index is -0.437. The van der Waals surface area contributed by atoms with Gasteiger partial charge < -0.3 is 23.7 Å². The molecule has 0 atom stereocenters. The van der Waals surface area contributed by atoms with E-state index in [-0.39, 0.29) is 13.4 Å². The molecule has 0 aliphatic carbocycles. The Morgan fingerprint density at radius 2 is 1.27 bits per heavy atom. The van der Waals surface area contributed by atoms with E-state index in [2.05, 4.69) is 0 Å². The number of rotatable bonds is 0. The van der Waals surface area contributed by atoms with E-state index >= 15 is 0 Å². The second-order valence-electron chi connectivity index (χ2n) is 2.82. The predicted octanol–water partition coefficient (Wildman–Crippen LogP) is -0.433. The molecule has 0 aromatic carbocycles. The molecule has 6 heteroatoms. The lowest BCUT2D eigenvalue weighted by Crippen LogP contribution is -2.19. The summed E-state index contributed by atoms with van der Waals surface area (Å²) < 4.78 is 25.0. The van der Waals surface area contributed by atoms with Gasteiger partial charge in [0.2, 0.25) is 0 Å². The molecule has 15 heavy (non-hydrogen) atoms. The maximum absolute atomic E-state index is 11.0. The van der Waals surface area contributed by atoms with Gasteiger partial charge in [-0.2, -0.15) is 0 Å². The van der Waals surface area contributed by atoms with Crippen LogP contribution >= 0.6 is 0 Å². The molecule has 1 rings (SSSR count). The zero-order valence-electron chi connectivity index (χ0n) is 8.61. The van der Waals surface area contributed by atoms with E-state index in [0.29, 0.717) is 39.6 Å². The summed E-state index contributed by atoms with van der Waals surface area (Å²) in [6, 6.07) is 0. The Hall–Kier alpha value is -0.690. The SMILES string of the molecule is O=C1COCCOCCOCCOCO1. The van der Waals surface area contributed by atoms with Crippen molar-refractivity contribution in [2.45, 2.75) is 0 Å². The normalized spacial score (nSPS) is 22.8. The van der Waals surface area contributed by atoms with Gasteiger partial charge in [0.15, 0.2) is 6.79 Å². The summed E-state index contributed by atoms with van der Waals surface area (Å²) in [6.07, 6.45) is 0. The van der Waals surface area contributed by atoms with Gasteiger partial charge in [-0.15, -0.1) is 0 Å². The van der Waals surface area contributed by atoms with Crippen molar-refractivity contribution >= 4 is 5.97 Å². The maximum atomic E-state index is 11.0. The Morgan fingerprint density at radius 1 is 0.733 bits per heavy atom. The Bertz CT molecular complexity index is 156. The Balaban J connectivity index is 2.13. The van der Waals surface area contributed by atoms with Crippen LogP contribution in [0.3, 0.4) is 0 Å². The van der Waals surface area contributed by atoms with Crippen molar-refractivity contribution in [2.75, 3.05) is 53.0 Å². The third-order valence-corrected chi connectivity index (χ3v) is 1.64. The van der Waals surface area contributed by atoms with Crippen molar-refractivity contribution in [3.63, 3.8) is 0 Å². The number of cyclic esters (lactones) is 1. The van der Waals surface area contributed by atoms with Crippen LogP contribution in [-0.2, 0) is 28.5 Å². The van der Waals surface area contributed by atoms with Gasteiger partial charge in [0, 0.05) is 0 Å². The second kappa shape index (κ2) is 8.60. The van der Waals surface area contributed by atoms with E-state index < -0.39 is 5.97 Å². The lowest BCUT2D eigenvalue weighted by atomic mass is 10.7. The van der Waals surface area contributed by atoms with Crippen LogP contribution in [0.2, 0.25) is 0 Å². The highest BCUT2D eigenvalue weighted by Gasteiger charge is 2.03. The van der Waals surface area contributed by atoms with Crippen molar-refractivity contribution in [1.29, 1.82) is 0 Å². The van der Waals surface area contributed by atoms with Crippen molar-refractivity contribution in [2.24, 2.45) is 0 Å². The number of carbonyl (C=O) groups excluding carboxylic acids is 1. The van der Waals surface area contributed by atoms with Gasteiger partial charge in [-0.25, -0.2) is 4.79 Å². The fraction of sp³-hybridized carbons (Fsp3) is 0.889. The number of ether oxygens (including phenoxy) is 5. The summed E-state index contributed by atoms with van der Waals surface area (Å²) in [5.41, 5.74) is 0. The highest BCUT2D eigenvalue weighted by molar-refractivity contribution is 5.70. The lowest BCUT2D eigenvalue weighted by molar-refractivity contribution is -0.163. The molecule has 0 N–H and O–H groups in total. The summed E-state index contributed by atoms with van der Waals surface area (Å²) in [7, 11) is 0. The summed E-state index contributed by atoms with van der Waals surface area (Å²) in [5.74, 6) is -0.437. The highest BCUT2D eigenvalue weighted by atomic mass is 16.7. The largest absolute Gasteiger partial charge is 0.437 e. The first-order valence-corrected chi connectivity index (χ1v) is 4.86. The number of hydrogen-bond acceptors (Lipinski definition) is 6. The summed E-state index contributed by atoms with van der Waals surface area (Å²) >= 11 is 0. The summed E-state index contributed by atoms with van der Waals surface area (Å²) in [4.78, 5) is 11.0. The van der Waals surface area contributed by atoms with Crippen molar-refractivity contribution in [3.8, 4) is 0 Å². The van der Waals surface area contributed by atoms with E-state index in [1.807, 2.05) is 0 Å². The molecule has 88 valence electrons. The Labute approximate surface area is 88.4 Å². The van der Waals surface area contributed by atoms with E-state index in [1.54, 1.807) is 0 Å². The quantitative estimate of drug-likeness (QED) is 0.516. The monoisotopic (exact) mass is 220 g/mol. The molecule has 0 bridgehead atoms. The van der Waals surface area contributed by atoms with Gasteiger partial charge in [0.25, 0.3) is 0 Å². The molecule has 0 spiro atoms. The van der Waals surface area contributed by atoms with Gasteiger partial charge >= 0.3 is 5.97 Å². The molecule has 1 saturated heterocycles. The third-order valence-electron chi connectivity index (χ3n) is 1.64. The number of hydrogen-bond donors (Lipinski definition) is 0. The minimum absolute atomic E-state index is 0.0535. The average Bonchev–Trinajstić information content (AvgIpc) is 2.24. The smallest absolute Gasteiger partial charge is 0.334 e. The molecule has 6 nitrogen and oxygen atoms in total. The van der Waals surface area contributed by atoms with Gasteiger partial charge in [-0.3, -0.25) is 0 Å². The fourth-order valence-electron chi connectivity index (χ4n) is 0.921. The standard InChI is InChI=1S/C9H16O6/c10-9-7-13-5-3-11-1-2-12-4-6-14-8-15-9/h1-8H2. The van der Waals surface area contributed by atoms with Crippen LogP contribution in [0.25, 0.3) is 0 Å². The van der Waals surface area contributed by atoms with Crippen LogP contribution in [0, 0.1) is 0 Å². The fourth-order valence-corrected chi connectivity index (χ4v) is 0.921. The van der Waals surface area contributed by atoms with E-state index in [4.69, 9.17) is 23.7 Å². The van der Waals surface area contributed by atoms with Gasteiger partial charge in [0.05, 0.1) is 39.6 Å². The van der Waals surface area contributed by atoms with E-state index in [1.165, 1.54) is 0 Å². The van der Waals surface area contributed by atoms with Gasteiger partial charge in [-0.05, 0) is 0 Å². The molecule has 0 amide bonds. The first-order valence-electron chi connectivity index (χ1n) is 4.86. The number of carbonyl (C=O) groups is 1. The topological polar surface area (TPSA) is 63.2 Å². The van der Waals surface area contributed by atoms with Crippen LogP contribution in [0.15, 0.2) is 0 Å². The van der Waals surface area contributed by atoms with Crippen molar-refractivity contribution < 1.29 is 28.5 Å². The predicted molar refractivity (Wildman–Crippen MR) is 49.4 cm³/mol. The lowest BCUT2D eigenvalue weighted by Gasteiger charge is -2.09. The van der Waals surface area contributed by atoms with E-state index in [0.717, 1.165) is 0 Å².